The maximum Gasteiger partial charge on any atom is 0.251 e. The number of hydrogen-bond donors (Lipinski definition) is 2. The Morgan fingerprint density at radius 2 is 1.88 bits per heavy atom. The molecular weight excluding hydrogens is 298 g/mol. The van der Waals surface area contributed by atoms with E-state index in [4.69, 9.17) is 5.73 Å². The van der Waals surface area contributed by atoms with Gasteiger partial charge in [0, 0.05) is 17.8 Å². The first-order valence-electron chi connectivity index (χ1n) is 8.58. The van der Waals surface area contributed by atoms with Crippen molar-refractivity contribution in [1.82, 2.24) is 10.2 Å². The Kier molecular flexibility index (Phi) is 5.16. The van der Waals surface area contributed by atoms with E-state index in [1.807, 2.05) is 25.1 Å². The van der Waals surface area contributed by atoms with E-state index in [0.29, 0.717) is 17.8 Å². The van der Waals surface area contributed by atoms with E-state index in [-0.39, 0.29) is 11.9 Å². The fourth-order valence-electron chi connectivity index (χ4n) is 3.36. The van der Waals surface area contributed by atoms with Crippen molar-refractivity contribution in [3.63, 3.8) is 0 Å². The summed E-state index contributed by atoms with van der Waals surface area (Å²) in [6, 6.07) is 16.1. The minimum absolute atomic E-state index is 0.0556. The summed E-state index contributed by atoms with van der Waals surface area (Å²) < 4.78 is 0. The van der Waals surface area contributed by atoms with E-state index in [2.05, 4.69) is 34.5 Å². The smallest absolute Gasteiger partial charge is 0.251 e. The summed E-state index contributed by atoms with van der Waals surface area (Å²) >= 11 is 0. The number of aryl methyl sites for hydroxylation is 1. The van der Waals surface area contributed by atoms with Crippen LogP contribution in [0.1, 0.15) is 40.4 Å². The van der Waals surface area contributed by atoms with Crippen LogP contribution in [0.15, 0.2) is 48.5 Å². The molecule has 0 radical (unpaired) electrons. The number of amides is 1. The maximum atomic E-state index is 12.6. The van der Waals surface area contributed by atoms with Gasteiger partial charge in [-0.25, -0.2) is 0 Å². The van der Waals surface area contributed by atoms with E-state index < -0.39 is 0 Å². The van der Waals surface area contributed by atoms with Gasteiger partial charge in [0.05, 0.1) is 6.04 Å². The summed E-state index contributed by atoms with van der Waals surface area (Å²) in [6.07, 6.45) is 2.46. The zero-order chi connectivity index (χ0) is 16.9. The molecule has 1 fully saturated rings. The third kappa shape index (κ3) is 3.77. The highest BCUT2D eigenvalue weighted by Crippen LogP contribution is 2.24. The number of benzene rings is 2. The number of nitrogens with zero attached hydrogens (tertiary/aromatic N) is 1. The molecule has 3 rings (SSSR count). The lowest BCUT2D eigenvalue weighted by Gasteiger charge is -2.28. The third-order valence-corrected chi connectivity index (χ3v) is 4.73. The van der Waals surface area contributed by atoms with Gasteiger partial charge in [-0.15, -0.1) is 0 Å². The topological polar surface area (TPSA) is 58.4 Å². The quantitative estimate of drug-likeness (QED) is 0.831. The van der Waals surface area contributed by atoms with Gasteiger partial charge >= 0.3 is 0 Å². The van der Waals surface area contributed by atoms with Crippen molar-refractivity contribution in [2.24, 2.45) is 0 Å². The minimum Gasteiger partial charge on any atom is -0.399 e. The molecule has 0 aromatic heterocycles. The first-order chi connectivity index (χ1) is 11.6. The minimum atomic E-state index is -0.0556. The van der Waals surface area contributed by atoms with Crippen molar-refractivity contribution in [3.05, 3.63) is 65.2 Å². The van der Waals surface area contributed by atoms with Crippen LogP contribution in [0.5, 0.6) is 0 Å². The zero-order valence-corrected chi connectivity index (χ0v) is 14.2. The van der Waals surface area contributed by atoms with E-state index in [9.17, 15) is 4.79 Å². The summed E-state index contributed by atoms with van der Waals surface area (Å²) in [4.78, 5) is 15.0. The fourth-order valence-corrected chi connectivity index (χ4v) is 3.36. The van der Waals surface area contributed by atoms with E-state index in [1.165, 1.54) is 18.4 Å². The Bertz CT molecular complexity index is 693. The zero-order valence-electron chi connectivity index (χ0n) is 14.2. The number of nitrogens with one attached hydrogen (secondary N) is 1. The van der Waals surface area contributed by atoms with Crippen molar-refractivity contribution < 1.29 is 4.79 Å². The van der Waals surface area contributed by atoms with Gasteiger partial charge in [0.1, 0.15) is 0 Å². The number of carbonyl (C=O) groups is 1. The van der Waals surface area contributed by atoms with Gasteiger partial charge in [0.25, 0.3) is 5.91 Å². The van der Waals surface area contributed by atoms with E-state index in [0.717, 1.165) is 18.7 Å². The highest BCUT2D eigenvalue weighted by Gasteiger charge is 2.24. The number of nitrogens with two attached hydrogens (primary N) is 1. The van der Waals surface area contributed by atoms with Crippen LogP contribution >= 0.6 is 0 Å². The molecular formula is C20H25N3O. The number of hydrogen-bond acceptors (Lipinski definition) is 3. The van der Waals surface area contributed by atoms with Gasteiger partial charge in [-0.3, -0.25) is 9.69 Å². The molecule has 1 aliphatic heterocycles. The molecule has 2 aromatic carbocycles. The second-order valence-corrected chi connectivity index (χ2v) is 6.45. The van der Waals surface area contributed by atoms with Crippen LogP contribution in [-0.4, -0.2) is 30.4 Å². The van der Waals surface area contributed by atoms with Crippen molar-refractivity contribution in [2.45, 2.75) is 25.8 Å². The molecule has 4 heteroatoms. The Balaban J connectivity index is 1.73. The highest BCUT2D eigenvalue weighted by atomic mass is 16.1. The Morgan fingerprint density at radius 1 is 1.17 bits per heavy atom. The molecule has 3 N–H and O–H groups in total. The van der Waals surface area contributed by atoms with Crippen LogP contribution in [0.4, 0.5) is 5.69 Å². The van der Waals surface area contributed by atoms with Crippen LogP contribution in [0.25, 0.3) is 0 Å². The van der Waals surface area contributed by atoms with Crippen LogP contribution in [0.2, 0.25) is 0 Å². The molecule has 24 heavy (non-hydrogen) atoms. The molecule has 1 saturated heterocycles. The maximum absolute atomic E-state index is 12.6. The molecule has 2 aromatic rings. The van der Waals surface area contributed by atoms with Crippen LogP contribution in [-0.2, 0) is 0 Å². The van der Waals surface area contributed by atoms with Gasteiger partial charge in [0.2, 0.25) is 0 Å². The van der Waals surface area contributed by atoms with Gasteiger partial charge in [-0.2, -0.15) is 0 Å². The largest absolute Gasteiger partial charge is 0.399 e. The number of nitrogen functional groups attached to an aromatic ring is 1. The average molecular weight is 323 g/mol. The summed E-state index contributed by atoms with van der Waals surface area (Å²) in [6.45, 7) is 4.72. The highest BCUT2D eigenvalue weighted by molar-refractivity contribution is 5.96. The normalized spacial score (nSPS) is 16.0. The van der Waals surface area contributed by atoms with Gasteiger partial charge < -0.3 is 11.1 Å². The summed E-state index contributed by atoms with van der Waals surface area (Å²) in [5.74, 6) is -0.0556. The molecule has 4 nitrogen and oxygen atoms in total. The fraction of sp³-hybridized carbons (Fsp3) is 0.350. The second kappa shape index (κ2) is 7.49. The van der Waals surface area contributed by atoms with Crippen molar-refractivity contribution in [1.29, 1.82) is 0 Å². The molecule has 1 amide bonds. The number of carbonyl (C=O) groups excluding carboxylic acids is 1. The first-order valence-corrected chi connectivity index (χ1v) is 8.58. The summed E-state index contributed by atoms with van der Waals surface area (Å²) in [5.41, 5.74) is 9.29. The van der Waals surface area contributed by atoms with E-state index in [1.54, 1.807) is 6.07 Å². The Hall–Kier alpha value is -2.33. The molecule has 0 aliphatic carbocycles. The predicted molar refractivity (Wildman–Crippen MR) is 97.9 cm³/mol. The second-order valence-electron chi connectivity index (χ2n) is 6.45. The Morgan fingerprint density at radius 3 is 2.58 bits per heavy atom. The SMILES string of the molecule is Cc1ccc(N)cc1C(=O)NCC(c1ccccc1)N1CCCC1. The lowest BCUT2D eigenvalue weighted by Crippen LogP contribution is -2.37. The number of rotatable bonds is 5. The standard InChI is InChI=1S/C20H25N3O/c1-15-9-10-17(21)13-18(15)20(24)22-14-19(23-11-5-6-12-23)16-7-3-2-4-8-16/h2-4,7-10,13,19H,5-6,11-12,14,21H2,1H3,(H,22,24). The van der Waals surface area contributed by atoms with Crippen LogP contribution in [0, 0.1) is 6.92 Å². The van der Waals surface area contributed by atoms with Crippen molar-refractivity contribution in [2.75, 3.05) is 25.4 Å². The van der Waals surface area contributed by atoms with Gasteiger partial charge in [0.15, 0.2) is 0 Å². The van der Waals surface area contributed by atoms with Crippen molar-refractivity contribution in [3.8, 4) is 0 Å². The molecule has 0 saturated carbocycles. The summed E-state index contributed by atoms with van der Waals surface area (Å²) in [5, 5.41) is 3.11. The molecule has 1 unspecified atom stereocenters. The molecule has 0 bridgehead atoms. The molecule has 1 aliphatic rings. The summed E-state index contributed by atoms with van der Waals surface area (Å²) in [7, 11) is 0. The van der Waals surface area contributed by atoms with Gasteiger partial charge in [-0.1, -0.05) is 36.4 Å². The number of likely N-dealkylation sites (tertiary alicyclic amines) is 1. The van der Waals surface area contributed by atoms with E-state index >= 15 is 0 Å². The van der Waals surface area contributed by atoms with Crippen LogP contribution in [0.3, 0.4) is 0 Å². The third-order valence-electron chi connectivity index (χ3n) is 4.73. The number of anilines is 1. The van der Waals surface area contributed by atoms with Crippen molar-refractivity contribution >= 4 is 11.6 Å². The monoisotopic (exact) mass is 323 g/mol. The lowest BCUT2D eigenvalue weighted by atomic mass is 10.0. The lowest BCUT2D eigenvalue weighted by molar-refractivity contribution is 0.0937. The predicted octanol–water partition coefficient (Wildman–Crippen LogP) is 3.14. The molecule has 1 atom stereocenters. The molecule has 0 spiro atoms. The van der Waals surface area contributed by atoms with Gasteiger partial charge in [-0.05, 0) is 56.1 Å². The molecule has 1 heterocycles. The average Bonchev–Trinajstić information content (AvgIpc) is 3.12. The Labute approximate surface area is 143 Å². The van der Waals surface area contributed by atoms with Crippen LogP contribution < -0.4 is 11.1 Å². The first kappa shape index (κ1) is 16.5. The molecule has 126 valence electrons.